The lowest BCUT2D eigenvalue weighted by Gasteiger charge is -2.18. The Morgan fingerprint density at radius 1 is 1.29 bits per heavy atom. The minimum atomic E-state index is 0.139. The van der Waals surface area contributed by atoms with Gasteiger partial charge in [-0.25, -0.2) is 0 Å². The zero-order valence-corrected chi connectivity index (χ0v) is 10.5. The van der Waals surface area contributed by atoms with E-state index in [1.807, 2.05) is 19.1 Å². The highest BCUT2D eigenvalue weighted by atomic mass is 16.1. The summed E-state index contributed by atoms with van der Waals surface area (Å²) >= 11 is 0. The maximum atomic E-state index is 12.1. The van der Waals surface area contributed by atoms with E-state index in [1.165, 1.54) is 5.56 Å². The summed E-state index contributed by atoms with van der Waals surface area (Å²) in [5.41, 5.74) is 3.32. The minimum absolute atomic E-state index is 0.139. The largest absolute Gasteiger partial charge is 0.326 e. The Morgan fingerprint density at radius 2 is 2.12 bits per heavy atom. The molecule has 2 heteroatoms. The number of amides is 1. The maximum Gasteiger partial charge on any atom is 0.227 e. The van der Waals surface area contributed by atoms with Gasteiger partial charge in [-0.1, -0.05) is 24.3 Å². The normalized spacial score (nSPS) is 19.1. The van der Waals surface area contributed by atoms with Crippen LogP contribution in [0.1, 0.15) is 30.4 Å². The van der Waals surface area contributed by atoms with Crippen molar-refractivity contribution < 1.29 is 4.79 Å². The fourth-order valence-corrected chi connectivity index (χ4v) is 2.15. The molecule has 0 radical (unpaired) electrons. The van der Waals surface area contributed by atoms with Crippen molar-refractivity contribution in [3.63, 3.8) is 0 Å². The number of aryl methyl sites for hydroxylation is 1. The quantitative estimate of drug-likeness (QED) is 0.771. The smallest absolute Gasteiger partial charge is 0.227 e. The molecule has 0 aliphatic heterocycles. The van der Waals surface area contributed by atoms with Gasteiger partial charge in [-0.2, -0.15) is 0 Å². The van der Waals surface area contributed by atoms with Crippen LogP contribution in [0.4, 0.5) is 5.69 Å². The molecule has 0 saturated heterocycles. The van der Waals surface area contributed by atoms with Gasteiger partial charge in [0, 0.05) is 11.6 Å². The number of nitrogens with one attached hydrogen (secondary N) is 1. The Balaban J connectivity index is 2.07. The third-order valence-corrected chi connectivity index (χ3v) is 3.50. The van der Waals surface area contributed by atoms with Crippen molar-refractivity contribution in [3.05, 3.63) is 41.5 Å². The zero-order valence-electron chi connectivity index (χ0n) is 10.5. The first-order valence-corrected chi connectivity index (χ1v) is 6.20. The highest BCUT2D eigenvalue weighted by molar-refractivity contribution is 5.93. The molecule has 1 atom stereocenters. The summed E-state index contributed by atoms with van der Waals surface area (Å²) in [6, 6.07) is 6.02. The first-order valence-electron chi connectivity index (χ1n) is 6.20. The van der Waals surface area contributed by atoms with E-state index in [1.54, 1.807) is 0 Å². The molecule has 0 spiro atoms. The van der Waals surface area contributed by atoms with Crippen molar-refractivity contribution in [2.24, 2.45) is 5.92 Å². The second-order valence-electron chi connectivity index (χ2n) is 4.72. The molecule has 0 bridgehead atoms. The van der Waals surface area contributed by atoms with Gasteiger partial charge in [0.25, 0.3) is 0 Å². The van der Waals surface area contributed by atoms with E-state index in [-0.39, 0.29) is 11.8 Å². The lowest BCUT2D eigenvalue weighted by Crippen LogP contribution is -2.23. The number of hydrogen-bond donors (Lipinski definition) is 1. The van der Waals surface area contributed by atoms with Gasteiger partial charge < -0.3 is 5.32 Å². The zero-order chi connectivity index (χ0) is 12.3. The van der Waals surface area contributed by atoms with Gasteiger partial charge in [-0.3, -0.25) is 4.79 Å². The number of allylic oxidation sites excluding steroid dienone is 2. The number of anilines is 1. The fourth-order valence-electron chi connectivity index (χ4n) is 2.15. The van der Waals surface area contributed by atoms with E-state index >= 15 is 0 Å². The summed E-state index contributed by atoms with van der Waals surface area (Å²) in [7, 11) is 0. The van der Waals surface area contributed by atoms with Crippen LogP contribution in [-0.2, 0) is 4.79 Å². The summed E-state index contributed by atoms with van der Waals surface area (Å²) in [4.78, 5) is 12.1. The molecule has 1 aromatic rings. The van der Waals surface area contributed by atoms with Crippen molar-refractivity contribution in [2.45, 2.75) is 33.1 Å². The monoisotopic (exact) mass is 229 g/mol. The average Bonchev–Trinajstić information content (AvgIpc) is 2.36. The molecule has 0 heterocycles. The number of carbonyl (C=O) groups is 1. The van der Waals surface area contributed by atoms with E-state index in [4.69, 9.17) is 0 Å². The first kappa shape index (κ1) is 11.9. The van der Waals surface area contributed by atoms with Crippen LogP contribution < -0.4 is 5.32 Å². The Hall–Kier alpha value is -1.57. The van der Waals surface area contributed by atoms with Crippen LogP contribution in [0, 0.1) is 19.8 Å². The molecule has 1 N–H and O–H groups in total. The molecule has 0 saturated carbocycles. The predicted octanol–water partition coefficient (Wildman–Crippen LogP) is 3.60. The lowest BCUT2D eigenvalue weighted by molar-refractivity contribution is -0.120. The molecule has 1 amide bonds. The van der Waals surface area contributed by atoms with Crippen LogP contribution in [0.5, 0.6) is 0 Å². The van der Waals surface area contributed by atoms with E-state index in [0.717, 1.165) is 30.5 Å². The maximum absolute atomic E-state index is 12.1. The summed E-state index contributed by atoms with van der Waals surface area (Å²) in [6.07, 6.45) is 7.12. The molecule has 0 aromatic heterocycles. The Morgan fingerprint density at radius 3 is 2.82 bits per heavy atom. The number of hydrogen-bond acceptors (Lipinski definition) is 1. The minimum Gasteiger partial charge on any atom is -0.326 e. The van der Waals surface area contributed by atoms with Crippen molar-refractivity contribution in [1.82, 2.24) is 0 Å². The van der Waals surface area contributed by atoms with Crippen LogP contribution in [-0.4, -0.2) is 5.91 Å². The van der Waals surface area contributed by atoms with Crippen molar-refractivity contribution in [3.8, 4) is 0 Å². The molecule has 1 aliphatic carbocycles. The second-order valence-corrected chi connectivity index (χ2v) is 4.72. The van der Waals surface area contributed by atoms with Gasteiger partial charge in [0.05, 0.1) is 0 Å². The predicted molar refractivity (Wildman–Crippen MR) is 71.0 cm³/mol. The molecule has 1 aromatic carbocycles. The van der Waals surface area contributed by atoms with Crippen molar-refractivity contribution in [1.29, 1.82) is 0 Å². The summed E-state index contributed by atoms with van der Waals surface area (Å²) in [5, 5.41) is 3.05. The van der Waals surface area contributed by atoms with E-state index < -0.39 is 0 Å². The SMILES string of the molecule is Cc1cccc(NC(=O)C2CC=CCC2)c1C. The summed E-state index contributed by atoms with van der Waals surface area (Å²) < 4.78 is 0. The first-order chi connectivity index (χ1) is 8.18. The molecule has 1 aliphatic rings. The van der Waals surface area contributed by atoms with Gasteiger partial charge in [0.15, 0.2) is 0 Å². The van der Waals surface area contributed by atoms with Gasteiger partial charge >= 0.3 is 0 Å². The fraction of sp³-hybridized carbons (Fsp3) is 0.400. The van der Waals surface area contributed by atoms with Gasteiger partial charge in [-0.05, 0) is 50.3 Å². The molecular formula is C15H19NO. The van der Waals surface area contributed by atoms with Crippen LogP contribution in [0.15, 0.2) is 30.4 Å². The highest BCUT2D eigenvalue weighted by Gasteiger charge is 2.19. The van der Waals surface area contributed by atoms with Gasteiger partial charge in [-0.15, -0.1) is 0 Å². The van der Waals surface area contributed by atoms with E-state index in [9.17, 15) is 4.79 Å². The van der Waals surface area contributed by atoms with Crippen molar-refractivity contribution >= 4 is 11.6 Å². The number of carbonyl (C=O) groups excluding carboxylic acids is 1. The van der Waals surface area contributed by atoms with Crippen LogP contribution in [0.2, 0.25) is 0 Å². The van der Waals surface area contributed by atoms with Gasteiger partial charge in [0.2, 0.25) is 5.91 Å². The number of rotatable bonds is 2. The molecule has 90 valence electrons. The Labute approximate surface area is 103 Å². The number of benzene rings is 1. The molecule has 2 rings (SSSR count). The second kappa shape index (κ2) is 5.17. The van der Waals surface area contributed by atoms with Crippen molar-refractivity contribution in [2.75, 3.05) is 5.32 Å². The van der Waals surface area contributed by atoms with E-state index in [2.05, 4.69) is 30.5 Å². The molecule has 17 heavy (non-hydrogen) atoms. The lowest BCUT2D eigenvalue weighted by atomic mass is 9.93. The van der Waals surface area contributed by atoms with Gasteiger partial charge in [0.1, 0.15) is 0 Å². The molecular weight excluding hydrogens is 210 g/mol. The highest BCUT2D eigenvalue weighted by Crippen LogP contribution is 2.22. The van der Waals surface area contributed by atoms with Crippen LogP contribution in [0.25, 0.3) is 0 Å². The van der Waals surface area contributed by atoms with Crippen LogP contribution >= 0.6 is 0 Å². The molecule has 1 unspecified atom stereocenters. The molecule has 2 nitrogen and oxygen atoms in total. The summed E-state index contributed by atoms with van der Waals surface area (Å²) in [6.45, 7) is 4.11. The third kappa shape index (κ3) is 2.76. The summed E-state index contributed by atoms with van der Waals surface area (Å²) in [5.74, 6) is 0.294. The third-order valence-electron chi connectivity index (χ3n) is 3.50. The average molecular weight is 229 g/mol. The standard InChI is InChI=1S/C15H19NO/c1-11-7-6-10-14(12(11)2)16-15(17)13-8-4-3-5-9-13/h3-4,6-7,10,13H,5,8-9H2,1-2H3,(H,16,17). The Bertz CT molecular complexity index is 448. The topological polar surface area (TPSA) is 29.1 Å². The van der Waals surface area contributed by atoms with E-state index in [0.29, 0.717) is 0 Å². The Kier molecular flexibility index (Phi) is 3.62. The van der Waals surface area contributed by atoms with Crippen LogP contribution in [0.3, 0.4) is 0 Å². The molecule has 0 fully saturated rings.